The lowest BCUT2D eigenvalue weighted by molar-refractivity contribution is 0.102. The lowest BCUT2D eigenvalue weighted by Gasteiger charge is -2.05. The van der Waals surface area contributed by atoms with Crippen LogP contribution < -0.4 is 10.9 Å². The van der Waals surface area contributed by atoms with Crippen molar-refractivity contribution in [2.45, 2.75) is 0 Å². The fourth-order valence-corrected chi connectivity index (χ4v) is 1.48. The number of hydrogen-bond acceptors (Lipinski definition) is 2. The number of carbonyl (C=O) groups is 1. The molecule has 4 heteroatoms. The van der Waals surface area contributed by atoms with Crippen LogP contribution in [0.3, 0.4) is 0 Å². The quantitative estimate of drug-likeness (QED) is 0.781. The van der Waals surface area contributed by atoms with E-state index in [1.807, 2.05) is 0 Å². The molecule has 0 radical (unpaired) electrons. The molecule has 0 atom stereocenters. The van der Waals surface area contributed by atoms with Crippen molar-refractivity contribution in [2.24, 2.45) is 0 Å². The maximum absolute atomic E-state index is 11.9. The fraction of sp³-hybridized carbons (Fsp3) is 0. The van der Waals surface area contributed by atoms with Crippen molar-refractivity contribution in [3.8, 4) is 12.3 Å². The molecule has 0 saturated carbocycles. The highest BCUT2D eigenvalue weighted by Crippen LogP contribution is 2.10. The van der Waals surface area contributed by atoms with Crippen molar-refractivity contribution in [3.63, 3.8) is 0 Å². The first-order valence-corrected chi connectivity index (χ1v) is 5.26. The second kappa shape index (κ2) is 5.02. The van der Waals surface area contributed by atoms with Gasteiger partial charge in [-0.3, -0.25) is 9.59 Å². The van der Waals surface area contributed by atoms with Crippen molar-refractivity contribution in [1.29, 1.82) is 0 Å². The summed E-state index contributed by atoms with van der Waals surface area (Å²) < 4.78 is 0. The molecule has 88 valence electrons. The lowest BCUT2D eigenvalue weighted by atomic mass is 10.2. The van der Waals surface area contributed by atoms with E-state index in [2.05, 4.69) is 16.2 Å². The van der Waals surface area contributed by atoms with E-state index in [0.717, 1.165) is 0 Å². The van der Waals surface area contributed by atoms with Crippen molar-refractivity contribution in [2.75, 3.05) is 5.32 Å². The van der Waals surface area contributed by atoms with Crippen molar-refractivity contribution < 1.29 is 4.79 Å². The minimum Gasteiger partial charge on any atom is -0.329 e. The fourth-order valence-electron chi connectivity index (χ4n) is 1.48. The molecular weight excluding hydrogens is 228 g/mol. The number of terminal acetylenes is 1. The molecule has 0 aliphatic carbocycles. The molecule has 0 saturated heterocycles. The molecule has 2 rings (SSSR count). The number of aromatic amines is 1. The normalized spacial score (nSPS) is 9.50. The van der Waals surface area contributed by atoms with Gasteiger partial charge >= 0.3 is 0 Å². The maximum Gasteiger partial charge on any atom is 0.255 e. The number of pyridine rings is 1. The van der Waals surface area contributed by atoms with Crippen LogP contribution in [0.1, 0.15) is 15.9 Å². The van der Waals surface area contributed by atoms with E-state index in [1.54, 1.807) is 24.3 Å². The van der Waals surface area contributed by atoms with Gasteiger partial charge in [0.15, 0.2) is 0 Å². The van der Waals surface area contributed by atoms with Gasteiger partial charge in [0.2, 0.25) is 5.56 Å². The Labute approximate surface area is 104 Å². The maximum atomic E-state index is 11.9. The van der Waals surface area contributed by atoms with Gasteiger partial charge in [0.25, 0.3) is 5.91 Å². The van der Waals surface area contributed by atoms with Crippen LogP contribution in [-0.2, 0) is 0 Å². The number of nitrogens with one attached hydrogen (secondary N) is 2. The number of H-pyrrole nitrogens is 1. The number of anilines is 1. The smallest absolute Gasteiger partial charge is 0.255 e. The zero-order valence-electron chi connectivity index (χ0n) is 9.44. The topological polar surface area (TPSA) is 62.0 Å². The van der Waals surface area contributed by atoms with Gasteiger partial charge in [0.1, 0.15) is 0 Å². The highest BCUT2D eigenvalue weighted by molar-refractivity contribution is 6.04. The molecule has 2 N–H and O–H groups in total. The van der Waals surface area contributed by atoms with E-state index < -0.39 is 0 Å². The minimum absolute atomic E-state index is 0.296. The van der Waals surface area contributed by atoms with Crippen LogP contribution in [0.5, 0.6) is 0 Å². The van der Waals surface area contributed by atoms with E-state index in [1.165, 1.54) is 18.3 Å². The second-order valence-corrected chi connectivity index (χ2v) is 3.62. The summed E-state index contributed by atoms with van der Waals surface area (Å²) in [7, 11) is 0. The number of hydrogen-bond donors (Lipinski definition) is 2. The van der Waals surface area contributed by atoms with Crippen molar-refractivity contribution in [1.82, 2.24) is 4.98 Å². The number of carbonyl (C=O) groups excluding carboxylic acids is 1. The first kappa shape index (κ1) is 11.7. The zero-order valence-corrected chi connectivity index (χ0v) is 9.44. The summed E-state index contributed by atoms with van der Waals surface area (Å²) in [4.78, 5) is 25.4. The summed E-state index contributed by atoms with van der Waals surface area (Å²) in [6.45, 7) is 0. The molecular formula is C14H10N2O2. The second-order valence-electron chi connectivity index (χ2n) is 3.62. The van der Waals surface area contributed by atoms with Crippen LogP contribution in [0.25, 0.3) is 0 Å². The van der Waals surface area contributed by atoms with Gasteiger partial charge in [-0.2, -0.15) is 0 Å². The molecule has 0 aliphatic rings. The van der Waals surface area contributed by atoms with E-state index in [0.29, 0.717) is 16.8 Å². The van der Waals surface area contributed by atoms with Crippen LogP contribution in [0.2, 0.25) is 0 Å². The summed E-state index contributed by atoms with van der Waals surface area (Å²) >= 11 is 0. The Bertz CT molecular complexity index is 680. The molecule has 0 aliphatic heterocycles. The molecule has 0 fully saturated rings. The van der Waals surface area contributed by atoms with Crippen molar-refractivity contribution >= 4 is 11.6 Å². The van der Waals surface area contributed by atoms with Crippen LogP contribution >= 0.6 is 0 Å². The van der Waals surface area contributed by atoms with Gasteiger partial charge in [-0.05, 0) is 24.3 Å². The molecule has 4 nitrogen and oxygen atoms in total. The van der Waals surface area contributed by atoms with Crippen LogP contribution in [0, 0.1) is 12.3 Å². The highest BCUT2D eigenvalue weighted by atomic mass is 16.2. The molecule has 1 aromatic heterocycles. The summed E-state index contributed by atoms with van der Waals surface area (Å²) in [6.07, 6.45) is 6.70. The molecule has 0 bridgehead atoms. The van der Waals surface area contributed by atoms with E-state index in [9.17, 15) is 9.59 Å². The van der Waals surface area contributed by atoms with Gasteiger partial charge < -0.3 is 10.3 Å². The Morgan fingerprint density at radius 3 is 2.83 bits per heavy atom. The SMILES string of the molecule is C#Cc1cccc(NC(=O)c2cc[nH]c(=O)c2)c1. The van der Waals surface area contributed by atoms with Gasteiger partial charge in [-0.25, -0.2) is 0 Å². The van der Waals surface area contributed by atoms with Gasteiger partial charge in [0.05, 0.1) is 0 Å². The largest absolute Gasteiger partial charge is 0.329 e. The average Bonchev–Trinajstić information content (AvgIpc) is 2.39. The van der Waals surface area contributed by atoms with Gasteiger partial charge in [-0.1, -0.05) is 12.0 Å². The first-order chi connectivity index (χ1) is 8.69. The molecule has 0 unspecified atom stereocenters. The van der Waals surface area contributed by atoms with E-state index in [4.69, 9.17) is 6.42 Å². The molecule has 0 spiro atoms. The van der Waals surface area contributed by atoms with Gasteiger partial charge in [-0.15, -0.1) is 6.42 Å². The third kappa shape index (κ3) is 2.66. The first-order valence-electron chi connectivity index (χ1n) is 5.26. The summed E-state index contributed by atoms with van der Waals surface area (Å²) in [5.41, 5.74) is 1.25. The molecule has 1 aromatic carbocycles. The predicted molar refractivity (Wildman–Crippen MR) is 69.4 cm³/mol. The zero-order chi connectivity index (χ0) is 13.0. The number of rotatable bonds is 2. The average molecular weight is 238 g/mol. The molecule has 18 heavy (non-hydrogen) atoms. The molecule has 1 heterocycles. The molecule has 2 aromatic rings. The Morgan fingerprint density at radius 1 is 1.28 bits per heavy atom. The number of aromatic nitrogens is 1. The Balaban J connectivity index is 2.21. The Kier molecular flexibility index (Phi) is 3.26. The minimum atomic E-state index is -0.352. The number of amides is 1. The predicted octanol–water partition coefficient (Wildman–Crippen LogP) is 1.61. The van der Waals surface area contributed by atoms with E-state index >= 15 is 0 Å². The summed E-state index contributed by atoms with van der Waals surface area (Å²) in [6, 6.07) is 9.70. The van der Waals surface area contributed by atoms with E-state index in [-0.39, 0.29) is 11.5 Å². The summed E-state index contributed by atoms with van der Waals surface area (Å²) in [5, 5.41) is 2.67. The third-order valence-corrected chi connectivity index (χ3v) is 2.32. The van der Waals surface area contributed by atoms with Gasteiger partial charge in [0, 0.05) is 29.1 Å². The highest BCUT2D eigenvalue weighted by Gasteiger charge is 2.06. The standard InChI is InChI=1S/C14H10N2O2/c1-2-10-4-3-5-12(8-10)16-14(18)11-6-7-15-13(17)9-11/h1,3-9H,(H,15,17)(H,16,18). The van der Waals surface area contributed by atoms with Crippen LogP contribution in [0.15, 0.2) is 47.4 Å². The Hall–Kier alpha value is -2.80. The Morgan fingerprint density at radius 2 is 2.11 bits per heavy atom. The number of benzene rings is 1. The summed E-state index contributed by atoms with van der Waals surface area (Å²) in [5.74, 6) is 2.13. The van der Waals surface area contributed by atoms with Crippen molar-refractivity contribution in [3.05, 3.63) is 64.1 Å². The van der Waals surface area contributed by atoms with Crippen LogP contribution in [-0.4, -0.2) is 10.9 Å². The molecule has 1 amide bonds. The lowest BCUT2D eigenvalue weighted by Crippen LogP contribution is -2.15. The monoisotopic (exact) mass is 238 g/mol. The van der Waals surface area contributed by atoms with Crippen LogP contribution in [0.4, 0.5) is 5.69 Å². The third-order valence-electron chi connectivity index (χ3n) is 2.32.